The van der Waals surface area contributed by atoms with E-state index >= 15 is 0 Å². The zero-order chi connectivity index (χ0) is 11.6. The van der Waals surface area contributed by atoms with Gasteiger partial charge in [0.15, 0.2) is 0 Å². The Kier molecular flexibility index (Phi) is 3.80. The molecule has 0 aromatic carbocycles. The Labute approximate surface area is 102 Å². The van der Waals surface area contributed by atoms with Crippen LogP contribution in [0.1, 0.15) is 32.6 Å². The van der Waals surface area contributed by atoms with Gasteiger partial charge in [-0.05, 0) is 18.8 Å². The fourth-order valence-corrected chi connectivity index (χ4v) is 4.03. The van der Waals surface area contributed by atoms with E-state index in [4.69, 9.17) is 0 Å². The summed E-state index contributed by atoms with van der Waals surface area (Å²) in [5.41, 5.74) is -0.543. The minimum atomic E-state index is -0.592. The number of thioether (sulfide) groups is 1. The molecule has 2 rings (SSSR count). The third kappa shape index (κ3) is 2.23. The lowest BCUT2D eigenvalue weighted by molar-refractivity contribution is -0.155. The monoisotopic (exact) mass is 243 g/mol. The molecule has 2 fully saturated rings. The summed E-state index contributed by atoms with van der Waals surface area (Å²) in [7, 11) is 0. The maximum Gasteiger partial charge on any atom is 0.324 e. The van der Waals surface area contributed by atoms with Crippen LogP contribution in [0.25, 0.3) is 0 Å². The number of hydrogen-bond donors (Lipinski definition) is 1. The van der Waals surface area contributed by atoms with Crippen molar-refractivity contribution in [3.8, 4) is 0 Å². The van der Waals surface area contributed by atoms with Gasteiger partial charge in [-0.1, -0.05) is 19.8 Å². The van der Waals surface area contributed by atoms with Gasteiger partial charge in [0, 0.05) is 24.6 Å². The lowest BCUT2D eigenvalue weighted by atomic mass is 9.75. The van der Waals surface area contributed by atoms with Crippen LogP contribution in [0.2, 0.25) is 0 Å². The molecule has 0 aromatic heterocycles. The van der Waals surface area contributed by atoms with Crippen molar-refractivity contribution in [1.29, 1.82) is 0 Å². The van der Waals surface area contributed by atoms with Gasteiger partial charge in [0.2, 0.25) is 0 Å². The minimum absolute atomic E-state index is 0.543. The van der Waals surface area contributed by atoms with Gasteiger partial charge >= 0.3 is 5.97 Å². The molecule has 4 heteroatoms. The van der Waals surface area contributed by atoms with Crippen LogP contribution in [-0.2, 0) is 4.79 Å². The van der Waals surface area contributed by atoms with Crippen molar-refractivity contribution >= 4 is 17.7 Å². The van der Waals surface area contributed by atoms with Crippen molar-refractivity contribution in [2.24, 2.45) is 5.92 Å². The second kappa shape index (κ2) is 4.96. The molecule has 3 nitrogen and oxygen atoms in total. The highest BCUT2D eigenvalue weighted by Crippen LogP contribution is 2.38. The third-order valence-electron chi connectivity index (χ3n) is 3.99. The first-order chi connectivity index (χ1) is 7.65. The molecule has 1 N–H and O–H groups in total. The first kappa shape index (κ1) is 12.2. The lowest BCUT2D eigenvalue weighted by Crippen LogP contribution is -2.59. The molecule has 2 aliphatic rings. The van der Waals surface area contributed by atoms with Crippen molar-refractivity contribution in [1.82, 2.24) is 4.90 Å². The molecular formula is C12H21NO2S. The summed E-state index contributed by atoms with van der Waals surface area (Å²) >= 11 is 1.94. The van der Waals surface area contributed by atoms with Crippen LogP contribution in [0.15, 0.2) is 0 Å². The topological polar surface area (TPSA) is 40.5 Å². The van der Waals surface area contributed by atoms with E-state index in [-0.39, 0.29) is 0 Å². The Morgan fingerprint density at radius 1 is 1.44 bits per heavy atom. The number of aliphatic carboxylic acids is 1. The fraction of sp³-hybridized carbons (Fsp3) is 0.917. The van der Waals surface area contributed by atoms with Crippen molar-refractivity contribution in [3.63, 3.8) is 0 Å². The molecule has 2 atom stereocenters. The highest BCUT2D eigenvalue weighted by Gasteiger charge is 2.46. The van der Waals surface area contributed by atoms with E-state index in [2.05, 4.69) is 11.8 Å². The van der Waals surface area contributed by atoms with Gasteiger partial charge in [0.1, 0.15) is 5.54 Å². The third-order valence-corrected chi connectivity index (χ3v) is 4.93. The number of nitrogens with zero attached hydrogens (tertiary/aromatic N) is 1. The van der Waals surface area contributed by atoms with Gasteiger partial charge in [0.25, 0.3) is 0 Å². The zero-order valence-corrected chi connectivity index (χ0v) is 10.8. The Morgan fingerprint density at radius 3 is 2.69 bits per heavy atom. The van der Waals surface area contributed by atoms with Gasteiger partial charge in [0.05, 0.1) is 0 Å². The molecular weight excluding hydrogens is 222 g/mol. The summed E-state index contributed by atoms with van der Waals surface area (Å²) in [6.07, 6.45) is 3.94. The highest BCUT2D eigenvalue weighted by molar-refractivity contribution is 7.99. The van der Waals surface area contributed by atoms with Crippen molar-refractivity contribution < 1.29 is 9.90 Å². The first-order valence-corrected chi connectivity index (χ1v) is 7.37. The normalized spacial score (nSPS) is 37.2. The van der Waals surface area contributed by atoms with Crippen LogP contribution < -0.4 is 0 Å². The molecule has 0 amide bonds. The molecule has 2 unspecified atom stereocenters. The van der Waals surface area contributed by atoms with E-state index in [0.29, 0.717) is 5.92 Å². The van der Waals surface area contributed by atoms with Gasteiger partial charge < -0.3 is 5.11 Å². The smallest absolute Gasteiger partial charge is 0.324 e. The molecule has 1 aliphatic carbocycles. The maximum atomic E-state index is 11.7. The fourth-order valence-electron chi connectivity index (χ4n) is 3.13. The van der Waals surface area contributed by atoms with E-state index < -0.39 is 11.5 Å². The molecule has 1 saturated heterocycles. The average molecular weight is 243 g/mol. The van der Waals surface area contributed by atoms with Crippen LogP contribution in [0.3, 0.4) is 0 Å². The first-order valence-electron chi connectivity index (χ1n) is 6.21. The number of carboxylic acid groups (broad SMARTS) is 1. The molecule has 0 radical (unpaired) electrons. The quantitative estimate of drug-likeness (QED) is 0.806. The molecule has 1 heterocycles. The van der Waals surface area contributed by atoms with E-state index in [1.165, 1.54) is 6.42 Å². The summed E-state index contributed by atoms with van der Waals surface area (Å²) in [6.45, 7) is 4.09. The summed E-state index contributed by atoms with van der Waals surface area (Å²) in [5, 5.41) is 9.61. The Hall–Kier alpha value is -0.220. The number of rotatable bonds is 2. The summed E-state index contributed by atoms with van der Waals surface area (Å²) in [6, 6.07) is 0. The molecule has 1 aliphatic heterocycles. The molecule has 92 valence electrons. The van der Waals surface area contributed by atoms with Crippen molar-refractivity contribution in [3.05, 3.63) is 0 Å². The summed E-state index contributed by atoms with van der Waals surface area (Å²) < 4.78 is 0. The van der Waals surface area contributed by atoms with Gasteiger partial charge in [-0.3, -0.25) is 9.69 Å². The highest BCUT2D eigenvalue weighted by atomic mass is 32.2. The molecule has 0 spiro atoms. The SMILES string of the molecule is CC1CCCC(C(=O)O)(N2CCSCC2)C1. The summed E-state index contributed by atoms with van der Waals surface area (Å²) in [5.74, 6) is 2.14. The molecule has 0 bridgehead atoms. The van der Waals surface area contributed by atoms with Crippen molar-refractivity contribution in [2.45, 2.75) is 38.1 Å². The van der Waals surface area contributed by atoms with Gasteiger partial charge in [-0.25, -0.2) is 0 Å². The van der Waals surface area contributed by atoms with Crippen LogP contribution in [0.4, 0.5) is 0 Å². The number of hydrogen-bond acceptors (Lipinski definition) is 3. The number of carbonyl (C=O) groups is 1. The lowest BCUT2D eigenvalue weighted by Gasteiger charge is -2.46. The molecule has 16 heavy (non-hydrogen) atoms. The van der Waals surface area contributed by atoms with Crippen LogP contribution in [0, 0.1) is 5.92 Å². The standard InChI is InChI=1S/C12H21NO2S/c1-10-3-2-4-12(9-10,11(14)15)13-5-7-16-8-6-13/h10H,2-9H2,1H3,(H,14,15). The van der Waals surface area contributed by atoms with Crippen LogP contribution in [0.5, 0.6) is 0 Å². The predicted octanol–water partition coefficient (Wildman–Crippen LogP) is 2.07. The number of carboxylic acids is 1. The Morgan fingerprint density at radius 2 is 2.12 bits per heavy atom. The van der Waals surface area contributed by atoms with E-state index in [1.54, 1.807) is 0 Å². The molecule has 0 aromatic rings. The predicted molar refractivity (Wildman–Crippen MR) is 66.9 cm³/mol. The summed E-state index contributed by atoms with van der Waals surface area (Å²) in [4.78, 5) is 13.9. The van der Waals surface area contributed by atoms with Crippen molar-refractivity contribution in [2.75, 3.05) is 24.6 Å². The Balaban J connectivity index is 2.16. The Bertz CT molecular complexity index is 266. The average Bonchev–Trinajstić information content (AvgIpc) is 2.30. The van der Waals surface area contributed by atoms with Crippen LogP contribution >= 0.6 is 11.8 Å². The van der Waals surface area contributed by atoms with E-state index in [1.807, 2.05) is 11.8 Å². The second-order valence-electron chi connectivity index (χ2n) is 5.14. The van der Waals surface area contributed by atoms with E-state index in [0.717, 1.165) is 43.9 Å². The minimum Gasteiger partial charge on any atom is -0.480 e. The molecule has 1 saturated carbocycles. The van der Waals surface area contributed by atoms with Gasteiger partial charge in [-0.2, -0.15) is 11.8 Å². The largest absolute Gasteiger partial charge is 0.480 e. The van der Waals surface area contributed by atoms with E-state index in [9.17, 15) is 9.90 Å². The second-order valence-corrected chi connectivity index (χ2v) is 6.36. The van der Waals surface area contributed by atoms with Crippen LogP contribution in [-0.4, -0.2) is 46.1 Å². The van der Waals surface area contributed by atoms with Gasteiger partial charge in [-0.15, -0.1) is 0 Å². The maximum absolute atomic E-state index is 11.7. The zero-order valence-electron chi connectivity index (χ0n) is 9.95.